The van der Waals surface area contributed by atoms with Gasteiger partial charge in [0.05, 0.1) is 11.6 Å². The zero-order chi connectivity index (χ0) is 23.8. The summed E-state index contributed by atoms with van der Waals surface area (Å²) in [5.74, 6) is -0.989. The van der Waals surface area contributed by atoms with Crippen molar-refractivity contribution >= 4 is 28.8 Å². The highest BCUT2D eigenvalue weighted by Crippen LogP contribution is 2.31. The number of rotatable bonds is 7. The average molecular weight is 462 g/mol. The highest BCUT2D eigenvalue weighted by molar-refractivity contribution is 8.14. The first kappa shape index (κ1) is 24.3. The number of benzene rings is 3. The van der Waals surface area contributed by atoms with Crippen molar-refractivity contribution in [1.29, 1.82) is 0 Å². The van der Waals surface area contributed by atoms with Crippen LogP contribution in [0.15, 0.2) is 91.0 Å². The Hall–Kier alpha value is -3.38. The van der Waals surface area contributed by atoms with E-state index in [0.717, 1.165) is 11.8 Å². The van der Waals surface area contributed by atoms with Crippen molar-refractivity contribution in [2.24, 2.45) is 0 Å². The summed E-state index contributed by atoms with van der Waals surface area (Å²) in [7, 11) is 0. The molecule has 0 saturated carbocycles. The summed E-state index contributed by atoms with van der Waals surface area (Å²) in [6, 6.07) is 25.4. The molecule has 170 valence electrons. The number of thioether (sulfide) groups is 1. The van der Waals surface area contributed by atoms with E-state index < -0.39 is 22.9 Å². The van der Waals surface area contributed by atoms with Crippen molar-refractivity contribution in [3.63, 3.8) is 0 Å². The number of ether oxygens (including phenoxy) is 1. The van der Waals surface area contributed by atoms with E-state index in [1.807, 2.05) is 45.0 Å². The molecule has 0 aliphatic carbocycles. The summed E-state index contributed by atoms with van der Waals surface area (Å²) in [5.41, 5.74) is 1.44. The summed E-state index contributed by atoms with van der Waals surface area (Å²) in [6.07, 6.45) is -1.23. The van der Waals surface area contributed by atoms with Gasteiger partial charge in [-0.2, -0.15) is 0 Å². The van der Waals surface area contributed by atoms with Gasteiger partial charge in [-0.1, -0.05) is 99.3 Å². The van der Waals surface area contributed by atoms with E-state index in [4.69, 9.17) is 4.74 Å². The van der Waals surface area contributed by atoms with E-state index in [9.17, 15) is 14.4 Å². The maximum Gasteiger partial charge on any atom is 0.338 e. The molecular weight excluding hydrogens is 434 g/mol. The van der Waals surface area contributed by atoms with Gasteiger partial charge in [0.15, 0.2) is 6.10 Å². The molecule has 0 aliphatic rings. The molecule has 0 heterocycles. The Balaban J connectivity index is 1.99. The number of amides is 1. The lowest BCUT2D eigenvalue weighted by atomic mass is 10.0. The highest BCUT2D eigenvalue weighted by Gasteiger charge is 2.37. The van der Waals surface area contributed by atoms with Crippen LogP contribution in [0.1, 0.15) is 53.1 Å². The molecule has 2 atom stereocenters. The van der Waals surface area contributed by atoms with Crippen molar-refractivity contribution in [3.05, 3.63) is 108 Å². The Kier molecular flexibility index (Phi) is 8.06. The van der Waals surface area contributed by atoms with Crippen LogP contribution in [0.25, 0.3) is 0 Å². The number of nitrogens with one attached hydrogen (secondary N) is 1. The van der Waals surface area contributed by atoms with Crippen LogP contribution in [0.3, 0.4) is 0 Å². The number of carbonyl (C=O) groups is 3. The lowest BCUT2D eigenvalue weighted by Gasteiger charge is -2.29. The van der Waals surface area contributed by atoms with Crippen LogP contribution in [0.2, 0.25) is 0 Å². The standard InChI is InChI=1S/C27H27NO4S/c1-27(2,3)33-26(31)23(32-25(30)21-17-11-6-12-18-21)22(19-13-7-4-8-14-19)28-24(29)20-15-9-5-10-16-20/h4-18,22-23H,1-3H3,(H,28,29)/t22-,23+/m0/s1. The first-order valence-electron chi connectivity index (χ1n) is 10.6. The SMILES string of the molecule is CC(C)(C)SC(=O)[C@H](OC(=O)c1ccccc1)[C@@H](NC(=O)c1ccccc1)c1ccccc1. The van der Waals surface area contributed by atoms with Gasteiger partial charge in [0.1, 0.15) is 0 Å². The fourth-order valence-electron chi connectivity index (χ4n) is 3.18. The van der Waals surface area contributed by atoms with E-state index in [-0.39, 0.29) is 11.0 Å². The van der Waals surface area contributed by atoms with Crippen LogP contribution in [0.4, 0.5) is 0 Å². The molecule has 1 amide bonds. The summed E-state index contributed by atoms with van der Waals surface area (Å²) < 4.78 is 5.37. The largest absolute Gasteiger partial charge is 0.447 e. The summed E-state index contributed by atoms with van der Waals surface area (Å²) >= 11 is 1.08. The molecule has 0 aliphatic heterocycles. The van der Waals surface area contributed by atoms with Crippen LogP contribution in [0.5, 0.6) is 0 Å². The van der Waals surface area contributed by atoms with Gasteiger partial charge in [-0.15, -0.1) is 0 Å². The monoisotopic (exact) mass is 461 g/mol. The minimum absolute atomic E-state index is 0.331. The minimum Gasteiger partial charge on any atom is -0.447 e. The Morgan fingerprint density at radius 1 is 0.758 bits per heavy atom. The molecule has 0 bridgehead atoms. The zero-order valence-corrected chi connectivity index (χ0v) is 19.7. The molecule has 6 heteroatoms. The molecule has 1 N–H and O–H groups in total. The van der Waals surface area contributed by atoms with Gasteiger partial charge in [-0.3, -0.25) is 9.59 Å². The first-order chi connectivity index (χ1) is 15.7. The number of hydrogen-bond donors (Lipinski definition) is 1. The average Bonchev–Trinajstić information content (AvgIpc) is 2.81. The third-order valence-electron chi connectivity index (χ3n) is 4.67. The van der Waals surface area contributed by atoms with Crippen LogP contribution in [-0.4, -0.2) is 27.8 Å². The van der Waals surface area contributed by atoms with Gasteiger partial charge in [0.25, 0.3) is 5.91 Å². The zero-order valence-electron chi connectivity index (χ0n) is 18.9. The predicted molar refractivity (Wildman–Crippen MR) is 131 cm³/mol. The minimum atomic E-state index is -1.23. The molecule has 0 unspecified atom stereocenters. The highest BCUT2D eigenvalue weighted by atomic mass is 32.2. The third-order valence-corrected chi connectivity index (χ3v) is 5.71. The van der Waals surface area contributed by atoms with Crippen molar-refractivity contribution in [2.75, 3.05) is 0 Å². The molecule has 0 spiro atoms. The quantitative estimate of drug-likeness (QED) is 0.474. The third kappa shape index (κ3) is 7.05. The molecule has 3 rings (SSSR count). The Morgan fingerprint density at radius 2 is 1.24 bits per heavy atom. The maximum absolute atomic E-state index is 13.4. The number of esters is 1. The van der Waals surface area contributed by atoms with Gasteiger partial charge in [0, 0.05) is 10.3 Å². The van der Waals surface area contributed by atoms with Gasteiger partial charge in [0.2, 0.25) is 5.12 Å². The van der Waals surface area contributed by atoms with E-state index in [0.29, 0.717) is 16.7 Å². The molecule has 0 aromatic heterocycles. The van der Waals surface area contributed by atoms with Crippen molar-refractivity contribution in [2.45, 2.75) is 37.7 Å². The summed E-state index contributed by atoms with van der Waals surface area (Å²) in [6.45, 7) is 5.73. The molecule has 3 aromatic carbocycles. The van der Waals surface area contributed by atoms with Crippen molar-refractivity contribution in [1.82, 2.24) is 5.32 Å². The number of carbonyl (C=O) groups excluding carboxylic acids is 3. The van der Waals surface area contributed by atoms with Crippen LogP contribution in [0, 0.1) is 0 Å². The number of hydrogen-bond acceptors (Lipinski definition) is 5. The van der Waals surface area contributed by atoms with Crippen LogP contribution >= 0.6 is 11.8 Å². The van der Waals surface area contributed by atoms with Crippen LogP contribution < -0.4 is 5.32 Å². The van der Waals surface area contributed by atoms with E-state index in [2.05, 4.69) is 5.32 Å². The normalized spacial score (nSPS) is 12.9. The summed E-state index contributed by atoms with van der Waals surface area (Å²) in [5, 5.41) is 2.58. The maximum atomic E-state index is 13.4. The Bertz CT molecular complexity index is 1080. The molecule has 3 aromatic rings. The van der Waals surface area contributed by atoms with E-state index in [1.165, 1.54) is 0 Å². The second-order valence-corrected chi connectivity index (χ2v) is 10.3. The summed E-state index contributed by atoms with van der Waals surface area (Å²) in [4.78, 5) is 39.3. The fourth-order valence-corrected chi connectivity index (χ4v) is 4.08. The smallest absolute Gasteiger partial charge is 0.338 e. The van der Waals surface area contributed by atoms with Gasteiger partial charge in [-0.25, -0.2) is 4.79 Å². The lowest BCUT2D eigenvalue weighted by molar-refractivity contribution is -0.120. The molecule has 33 heavy (non-hydrogen) atoms. The van der Waals surface area contributed by atoms with E-state index >= 15 is 0 Å². The molecule has 0 saturated heterocycles. The predicted octanol–water partition coefficient (Wildman–Crippen LogP) is 5.44. The second kappa shape index (κ2) is 11.0. The first-order valence-corrected chi connectivity index (χ1v) is 11.5. The molecule has 5 nitrogen and oxygen atoms in total. The van der Waals surface area contributed by atoms with Gasteiger partial charge in [-0.05, 0) is 29.8 Å². The van der Waals surface area contributed by atoms with Crippen LogP contribution in [-0.2, 0) is 9.53 Å². The topological polar surface area (TPSA) is 72.5 Å². The Morgan fingerprint density at radius 3 is 1.76 bits per heavy atom. The molecule has 0 radical (unpaired) electrons. The van der Waals surface area contributed by atoms with E-state index in [1.54, 1.807) is 66.7 Å². The van der Waals surface area contributed by atoms with Crippen molar-refractivity contribution < 1.29 is 19.1 Å². The molecular formula is C27H27NO4S. The molecule has 0 fully saturated rings. The van der Waals surface area contributed by atoms with Gasteiger partial charge < -0.3 is 10.1 Å². The fraction of sp³-hybridized carbons (Fsp3) is 0.222. The van der Waals surface area contributed by atoms with Crippen molar-refractivity contribution in [3.8, 4) is 0 Å². The van der Waals surface area contributed by atoms with Gasteiger partial charge >= 0.3 is 5.97 Å². The second-order valence-electron chi connectivity index (χ2n) is 8.45. The lowest BCUT2D eigenvalue weighted by Crippen LogP contribution is -2.43. The Labute approximate surface area is 198 Å².